The number of cyclic esters (lactones) is 1. The molecule has 1 heterocycles. The smallest absolute Gasteiger partial charge is 0.331 e. The van der Waals surface area contributed by atoms with Crippen molar-refractivity contribution in [3.05, 3.63) is 60.3 Å². The number of aliphatic hydroxyl groups excluding tert-OH is 1. The largest absolute Gasteiger partial charge is 0.454 e. The van der Waals surface area contributed by atoms with Gasteiger partial charge in [-0.1, -0.05) is 88.1 Å². The standard InChI is InChI=1S/C29H44N2O5/c1-4-5-6-7-8-9-12-15-18-23(2)26-21-27(33)31-22-25(32)24(3)29(35)30-20-17-14-11-10-13-16-19-28(34)36-26/h10-16,18-19,24-26,32H,4-9,17,20-22H2,1-3H3,(H,30,35)(H,31,33)/b13-10-,14-11-,15-12+,19-16-,23-18+/t24-,25-,26?/m0/s1. The lowest BCUT2D eigenvalue weighted by Crippen LogP contribution is -2.43. The van der Waals surface area contributed by atoms with Crippen molar-refractivity contribution in [3.8, 4) is 0 Å². The number of esters is 1. The van der Waals surface area contributed by atoms with Crippen LogP contribution in [0.5, 0.6) is 0 Å². The Hall–Kier alpha value is -2.93. The van der Waals surface area contributed by atoms with Crippen molar-refractivity contribution < 1.29 is 24.2 Å². The van der Waals surface area contributed by atoms with Gasteiger partial charge in [0.2, 0.25) is 11.8 Å². The molecule has 7 heteroatoms. The van der Waals surface area contributed by atoms with Crippen molar-refractivity contribution >= 4 is 17.8 Å². The number of carbonyl (C=O) groups is 3. The number of aliphatic hydroxyl groups is 1. The zero-order valence-corrected chi connectivity index (χ0v) is 22.1. The summed E-state index contributed by atoms with van der Waals surface area (Å²) in [6, 6.07) is 0. The van der Waals surface area contributed by atoms with Crippen molar-refractivity contribution in [2.24, 2.45) is 5.92 Å². The first kappa shape index (κ1) is 31.1. The Morgan fingerprint density at radius 2 is 1.83 bits per heavy atom. The van der Waals surface area contributed by atoms with Gasteiger partial charge in [0.15, 0.2) is 0 Å². The summed E-state index contributed by atoms with van der Waals surface area (Å²) in [7, 11) is 0. The van der Waals surface area contributed by atoms with Gasteiger partial charge < -0.3 is 20.5 Å². The van der Waals surface area contributed by atoms with Crippen molar-refractivity contribution in [1.82, 2.24) is 10.6 Å². The minimum Gasteiger partial charge on any atom is -0.454 e. The molecule has 0 radical (unpaired) electrons. The van der Waals surface area contributed by atoms with Crippen LogP contribution >= 0.6 is 0 Å². The van der Waals surface area contributed by atoms with E-state index in [4.69, 9.17) is 4.74 Å². The molecule has 200 valence electrons. The molecule has 36 heavy (non-hydrogen) atoms. The van der Waals surface area contributed by atoms with Crippen molar-refractivity contribution in [1.29, 1.82) is 0 Å². The lowest BCUT2D eigenvalue weighted by Gasteiger charge is -2.21. The molecule has 0 aromatic carbocycles. The Morgan fingerprint density at radius 1 is 1.08 bits per heavy atom. The second-order valence-electron chi connectivity index (χ2n) is 9.08. The summed E-state index contributed by atoms with van der Waals surface area (Å²) in [4.78, 5) is 37.2. The third-order valence-corrected chi connectivity index (χ3v) is 5.92. The monoisotopic (exact) mass is 500 g/mol. The van der Waals surface area contributed by atoms with E-state index in [9.17, 15) is 19.5 Å². The van der Waals surface area contributed by atoms with Crippen LogP contribution in [0.15, 0.2) is 60.3 Å². The first-order chi connectivity index (χ1) is 17.3. The van der Waals surface area contributed by atoms with Gasteiger partial charge in [-0.15, -0.1) is 0 Å². The third-order valence-electron chi connectivity index (χ3n) is 5.92. The molecule has 0 aromatic rings. The fourth-order valence-corrected chi connectivity index (χ4v) is 3.45. The van der Waals surface area contributed by atoms with E-state index >= 15 is 0 Å². The minimum absolute atomic E-state index is 0.0709. The van der Waals surface area contributed by atoms with Gasteiger partial charge in [-0.3, -0.25) is 9.59 Å². The van der Waals surface area contributed by atoms with Gasteiger partial charge in [-0.25, -0.2) is 4.79 Å². The van der Waals surface area contributed by atoms with E-state index in [1.807, 2.05) is 31.2 Å². The number of allylic oxidation sites excluding steroid dienone is 7. The van der Waals surface area contributed by atoms with E-state index in [0.717, 1.165) is 18.4 Å². The maximum Gasteiger partial charge on any atom is 0.331 e. The number of hydrogen-bond acceptors (Lipinski definition) is 5. The highest BCUT2D eigenvalue weighted by atomic mass is 16.5. The molecule has 7 nitrogen and oxygen atoms in total. The van der Waals surface area contributed by atoms with Crippen molar-refractivity contribution in [2.75, 3.05) is 13.1 Å². The van der Waals surface area contributed by atoms with Crippen LogP contribution in [0.1, 0.15) is 72.1 Å². The maximum absolute atomic E-state index is 12.6. The van der Waals surface area contributed by atoms with Gasteiger partial charge in [-0.05, 0) is 31.8 Å². The molecular weight excluding hydrogens is 456 g/mol. The lowest BCUT2D eigenvalue weighted by atomic mass is 10.0. The number of carbonyl (C=O) groups excluding carboxylic acids is 3. The van der Waals surface area contributed by atoms with Gasteiger partial charge >= 0.3 is 5.97 Å². The predicted octanol–water partition coefficient (Wildman–Crippen LogP) is 4.45. The van der Waals surface area contributed by atoms with Crippen LogP contribution in [0.4, 0.5) is 0 Å². The van der Waals surface area contributed by atoms with Gasteiger partial charge in [0.05, 0.1) is 18.4 Å². The van der Waals surface area contributed by atoms with Crippen LogP contribution < -0.4 is 10.6 Å². The lowest BCUT2D eigenvalue weighted by molar-refractivity contribution is -0.143. The number of ether oxygens (including phenoxy) is 1. The molecule has 0 spiro atoms. The van der Waals surface area contributed by atoms with E-state index in [0.29, 0.717) is 13.0 Å². The summed E-state index contributed by atoms with van der Waals surface area (Å²) in [6.07, 6.45) is 21.8. The molecule has 1 rings (SSSR count). The van der Waals surface area contributed by atoms with E-state index in [1.54, 1.807) is 25.2 Å². The van der Waals surface area contributed by atoms with Crippen LogP contribution in [0, 0.1) is 5.92 Å². The summed E-state index contributed by atoms with van der Waals surface area (Å²) in [5, 5.41) is 15.8. The Balaban J connectivity index is 2.87. The van der Waals surface area contributed by atoms with Crippen LogP contribution in [0.25, 0.3) is 0 Å². The second-order valence-corrected chi connectivity index (χ2v) is 9.08. The average molecular weight is 501 g/mol. The summed E-state index contributed by atoms with van der Waals surface area (Å²) < 4.78 is 5.57. The molecule has 3 atom stereocenters. The highest BCUT2D eigenvalue weighted by molar-refractivity contribution is 5.83. The van der Waals surface area contributed by atoms with Gasteiger partial charge in [0.25, 0.3) is 0 Å². The number of rotatable bonds is 8. The zero-order valence-electron chi connectivity index (χ0n) is 22.1. The molecule has 2 amide bonds. The number of unbranched alkanes of at least 4 members (excludes halogenated alkanes) is 5. The van der Waals surface area contributed by atoms with Gasteiger partial charge in [-0.2, -0.15) is 0 Å². The first-order valence-electron chi connectivity index (χ1n) is 13.1. The first-order valence-corrected chi connectivity index (χ1v) is 13.1. The van der Waals surface area contributed by atoms with Crippen LogP contribution in [0.3, 0.4) is 0 Å². The highest BCUT2D eigenvalue weighted by Gasteiger charge is 2.24. The predicted molar refractivity (Wildman–Crippen MR) is 144 cm³/mol. The summed E-state index contributed by atoms with van der Waals surface area (Å²) >= 11 is 0. The minimum atomic E-state index is -1.03. The molecule has 1 unspecified atom stereocenters. The fourth-order valence-electron chi connectivity index (χ4n) is 3.45. The Bertz CT molecular complexity index is 826. The molecule has 0 bridgehead atoms. The Morgan fingerprint density at radius 3 is 2.61 bits per heavy atom. The normalized spacial score (nSPS) is 26.2. The molecule has 0 saturated heterocycles. The molecule has 1 aliphatic rings. The zero-order chi connectivity index (χ0) is 26.6. The second kappa shape index (κ2) is 19.3. The maximum atomic E-state index is 12.6. The molecule has 0 saturated carbocycles. The molecule has 1 aliphatic heterocycles. The van der Waals surface area contributed by atoms with Crippen LogP contribution in [-0.4, -0.2) is 48.2 Å². The summed E-state index contributed by atoms with van der Waals surface area (Å²) in [5.41, 5.74) is 0.742. The van der Waals surface area contributed by atoms with Crippen molar-refractivity contribution in [3.63, 3.8) is 0 Å². The van der Waals surface area contributed by atoms with E-state index < -0.39 is 24.1 Å². The molecule has 0 aromatic heterocycles. The van der Waals surface area contributed by atoms with E-state index in [2.05, 4.69) is 23.6 Å². The van der Waals surface area contributed by atoms with E-state index in [-0.39, 0.29) is 24.8 Å². The van der Waals surface area contributed by atoms with Crippen molar-refractivity contribution in [2.45, 2.75) is 84.3 Å². The summed E-state index contributed by atoms with van der Waals surface area (Å²) in [5.74, 6) is -1.87. The van der Waals surface area contributed by atoms with Gasteiger partial charge in [0.1, 0.15) is 6.10 Å². The third kappa shape index (κ3) is 14.5. The molecule has 3 N–H and O–H groups in total. The number of nitrogens with one attached hydrogen (secondary N) is 2. The molecular formula is C29H44N2O5. The number of β-amino-alcohol motifs (C(OH)–C–C–N with tert-alkyl or cyclic N) is 1. The fraction of sp³-hybridized carbons (Fsp3) is 0.552. The SMILES string of the molecule is CCCCCCC/C=C/C=C(\C)C1CC(=O)NC[C@H](O)[C@H](C)C(=O)NCC\C=C/C=C\C=C/C(=O)O1. The number of hydrogen-bond donors (Lipinski definition) is 3. The van der Waals surface area contributed by atoms with Crippen LogP contribution in [-0.2, 0) is 19.1 Å². The highest BCUT2D eigenvalue weighted by Crippen LogP contribution is 2.13. The topological polar surface area (TPSA) is 105 Å². The number of amides is 2. The molecule has 0 aliphatic carbocycles. The average Bonchev–Trinajstić information content (AvgIpc) is 2.86. The van der Waals surface area contributed by atoms with Gasteiger partial charge in [0, 0.05) is 19.2 Å². The van der Waals surface area contributed by atoms with Crippen LogP contribution in [0.2, 0.25) is 0 Å². The summed E-state index contributed by atoms with van der Waals surface area (Å²) in [6.45, 7) is 6.01. The Labute approximate surface area is 216 Å². The quantitative estimate of drug-likeness (QED) is 0.259. The Kier molecular flexibility index (Phi) is 16.7. The van der Waals surface area contributed by atoms with E-state index in [1.165, 1.54) is 31.8 Å². The molecule has 0 fully saturated rings.